The highest BCUT2D eigenvalue weighted by Gasteiger charge is 2.03. The average Bonchev–Trinajstić information content (AvgIpc) is 3.09. The van der Waals surface area contributed by atoms with E-state index in [1.807, 2.05) is 0 Å². The molecular formula is C48H95N. The fraction of sp³-hybridized carbons (Fsp3) is 0.938. The first-order chi connectivity index (χ1) is 24.1. The van der Waals surface area contributed by atoms with E-state index in [0.717, 1.165) is 24.5 Å². The van der Waals surface area contributed by atoms with Crippen LogP contribution in [-0.2, 0) is 0 Å². The summed E-state index contributed by atoms with van der Waals surface area (Å²) in [7, 11) is 0. The third-order valence-electron chi connectivity index (χ3n) is 11.1. The fourth-order valence-electron chi connectivity index (χ4n) is 7.59. The van der Waals surface area contributed by atoms with Gasteiger partial charge >= 0.3 is 0 Å². The van der Waals surface area contributed by atoms with Gasteiger partial charge in [-0.05, 0) is 63.7 Å². The van der Waals surface area contributed by atoms with E-state index >= 15 is 0 Å². The van der Waals surface area contributed by atoms with Crippen molar-refractivity contribution in [3.05, 3.63) is 11.6 Å². The molecule has 0 bridgehead atoms. The second-order valence-corrected chi connectivity index (χ2v) is 16.8. The van der Waals surface area contributed by atoms with E-state index < -0.39 is 0 Å². The Morgan fingerprint density at radius 1 is 0.367 bits per heavy atom. The topological polar surface area (TPSA) is 23.9 Å². The van der Waals surface area contributed by atoms with Crippen LogP contribution in [0.3, 0.4) is 0 Å². The third kappa shape index (κ3) is 41.7. The zero-order valence-electron chi connectivity index (χ0n) is 34.9. The van der Waals surface area contributed by atoms with Gasteiger partial charge in [0.2, 0.25) is 0 Å². The Hall–Kier alpha value is -0.590. The maximum Gasteiger partial charge on any atom is 0.00892 e. The van der Waals surface area contributed by atoms with Gasteiger partial charge in [0.25, 0.3) is 0 Å². The standard InChI is InChI=1S/C48H95N/c1-5-7-9-11-13-15-17-19-21-23-25-27-31-35-41-47(42-36-32-28-26-24-22-20-18-16-14-12-10-8-6-2)43-38-39-45-48(49)44-37-33-29-30-34-40-46(3)4/h43,46,49H,5-42,44-45H2,1-4H3. The van der Waals surface area contributed by atoms with E-state index in [1.165, 1.54) is 244 Å². The van der Waals surface area contributed by atoms with Crippen LogP contribution in [0.25, 0.3) is 0 Å². The van der Waals surface area contributed by atoms with E-state index in [-0.39, 0.29) is 0 Å². The fourth-order valence-corrected chi connectivity index (χ4v) is 7.59. The Kier molecular flexibility index (Phi) is 41.3. The lowest BCUT2D eigenvalue weighted by Crippen LogP contribution is -1.96. The van der Waals surface area contributed by atoms with Crippen LogP contribution in [0.2, 0.25) is 0 Å². The molecule has 0 aliphatic heterocycles. The van der Waals surface area contributed by atoms with Gasteiger partial charge in [-0.2, -0.15) is 0 Å². The minimum atomic E-state index is 0.848. The summed E-state index contributed by atoms with van der Waals surface area (Å²) in [5, 5.41) is 8.47. The first-order valence-electron chi connectivity index (χ1n) is 23.3. The number of hydrogen-bond donors (Lipinski definition) is 1. The number of allylic oxidation sites excluding steroid dienone is 2. The minimum absolute atomic E-state index is 0.848. The van der Waals surface area contributed by atoms with E-state index in [1.54, 1.807) is 5.57 Å². The molecule has 0 saturated carbocycles. The van der Waals surface area contributed by atoms with E-state index in [4.69, 9.17) is 5.41 Å². The molecule has 0 rings (SSSR count). The molecule has 0 radical (unpaired) electrons. The Labute approximate surface area is 312 Å². The molecule has 0 aromatic heterocycles. The van der Waals surface area contributed by atoms with Crippen molar-refractivity contribution in [1.82, 2.24) is 0 Å². The molecule has 0 aliphatic carbocycles. The second-order valence-electron chi connectivity index (χ2n) is 16.8. The summed E-state index contributed by atoms with van der Waals surface area (Å²) in [6, 6.07) is 0. The zero-order valence-corrected chi connectivity index (χ0v) is 34.9. The van der Waals surface area contributed by atoms with Crippen molar-refractivity contribution in [3.63, 3.8) is 0 Å². The molecule has 0 atom stereocenters. The molecule has 0 spiro atoms. The van der Waals surface area contributed by atoms with Crippen LogP contribution < -0.4 is 0 Å². The number of unbranched alkanes of at least 4 members (excludes halogenated alkanes) is 31. The van der Waals surface area contributed by atoms with Crippen LogP contribution in [-0.4, -0.2) is 5.71 Å². The van der Waals surface area contributed by atoms with Crippen LogP contribution in [0.5, 0.6) is 0 Å². The van der Waals surface area contributed by atoms with Crippen molar-refractivity contribution in [1.29, 1.82) is 5.41 Å². The lowest BCUT2D eigenvalue weighted by molar-refractivity contribution is 0.516. The lowest BCUT2D eigenvalue weighted by Gasteiger charge is -2.09. The van der Waals surface area contributed by atoms with Crippen LogP contribution in [0, 0.1) is 11.3 Å². The summed E-state index contributed by atoms with van der Waals surface area (Å²) in [5.41, 5.74) is 2.77. The smallest absolute Gasteiger partial charge is 0.00892 e. The van der Waals surface area contributed by atoms with Gasteiger partial charge in [-0.15, -0.1) is 0 Å². The van der Waals surface area contributed by atoms with Gasteiger partial charge in [-0.25, -0.2) is 0 Å². The first-order valence-corrected chi connectivity index (χ1v) is 23.3. The highest BCUT2D eigenvalue weighted by Crippen LogP contribution is 2.21. The highest BCUT2D eigenvalue weighted by molar-refractivity contribution is 5.81. The van der Waals surface area contributed by atoms with Crippen LogP contribution in [0.4, 0.5) is 0 Å². The maximum absolute atomic E-state index is 8.47. The third-order valence-corrected chi connectivity index (χ3v) is 11.1. The van der Waals surface area contributed by atoms with Crippen molar-refractivity contribution in [2.75, 3.05) is 0 Å². The van der Waals surface area contributed by atoms with Gasteiger partial charge < -0.3 is 5.41 Å². The molecule has 0 heterocycles. The molecule has 1 heteroatoms. The number of rotatable bonds is 42. The van der Waals surface area contributed by atoms with E-state index in [2.05, 4.69) is 33.8 Å². The molecular weight excluding hydrogens is 591 g/mol. The SMILES string of the molecule is CCCCCCCCCCCCCCCCC(=CCCCC(=N)CCCCCCCC(C)C)CCCCCCCCCCCCCCCC. The Morgan fingerprint density at radius 3 is 1.00 bits per heavy atom. The van der Waals surface area contributed by atoms with E-state index in [0.29, 0.717) is 0 Å². The average molecular weight is 686 g/mol. The van der Waals surface area contributed by atoms with Crippen LogP contribution in [0.1, 0.15) is 285 Å². The lowest BCUT2D eigenvalue weighted by atomic mass is 9.97. The van der Waals surface area contributed by atoms with Gasteiger partial charge in [0.15, 0.2) is 0 Å². The minimum Gasteiger partial charge on any atom is -0.310 e. The molecule has 1 nitrogen and oxygen atoms in total. The van der Waals surface area contributed by atoms with E-state index in [9.17, 15) is 0 Å². The summed E-state index contributed by atoms with van der Waals surface area (Å²) < 4.78 is 0. The molecule has 49 heavy (non-hydrogen) atoms. The summed E-state index contributed by atoms with van der Waals surface area (Å²) in [5.74, 6) is 0.848. The molecule has 0 aromatic rings. The molecule has 292 valence electrons. The van der Waals surface area contributed by atoms with Crippen molar-refractivity contribution in [2.45, 2.75) is 285 Å². The van der Waals surface area contributed by atoms with Crippen molar-refractivity contribution in [2.24, 2.45) is 5.92 Å². The molecule has 0 aromatic carbocycles. The molecule has 0 aliphatic rings. The monoisotopic (exact) mass is 686 g/mol. The van der Waals surface area contributed by atoms with Gasteiger partial charge in [-0.1, -0.05) is 238 Å². The van der Waals surface area contributed by atoms with Gasteiger partial charge in [0.1, 0.15) is 0 Å². The largest absolute Gasteiger partial charge is 0.310 e. The molecule has 0 fully saturated rings. The Balaban J connectivity index is 4.12. The second kappa shape index (κ2) is 41.8. The van der Waals surface area contributed by atoms with Crippen molar-refractivity contribution in [3.8, 4) is 0 Å². The zero-order chi connectivity index (χ0) is 35.7. The highest BCUT2D eigenvalue weighted by atomic mass is 14.4. The Morgan fingerprint density at radius 2 is 0.653 bits per heavy atom. The predicted octanol–water partition coefficient (Wildman–Crippen LogP) is 18.2. The summed E-state index contributed by atoms with van der Waals surface area (Å²) in [4.78, 5) is 0. The van der Waals surface area contributed by atoms with Crippen LogP contribution in [0.15, 0.2) is 11.6 Å². The van der Waals surface area contributed by atoms with Crippen LogP contribution >= 0.6 is 0 Å². The number of hydrogen-bond acceptors (Lipinski definition) is 1. The van der Waals surface area contributed by atoms with Crippen molar-refractivity contribution < 1.29 is 0 Å². The molecule has 0 saturated heterocycles. The van der Waals surface area contributed by atoms with Gasteiger partial charge in [0.05, 0.1) is 0 Å². The Bertz CT molecular complexity index is 626. The summed E-state index contributed by atoms with van der Waals surface area (Å²) in [6.07, 6.45) is 58.3. The van der Waals surface area contributed by atoms with Crippen molar-refractivity contribution >= 4 is 5.71 Å². The molecule has 1 N–H and O–H groups in total. The summed E-state index contributed by atoms with van der Waals surface area (Å²) >= 11 is 0. The molecule has 0 unspecified atom stereocenters. The molecule has 0 amide bonds. The van der Waals surface area contributed by atoms with Gasteiger partial charge in [-0.3, -0.25) is 0 Å². The van der Waals surface area contributed by atoms with Gasteiger partial charge in [0, 0.05) is 5.71 Å². The number of nitrogens with one attached hydrogen (secondary N) is 1. The summed E-state index contributed by atoms with van der Waals surface area (Å²) in [6.45, 7) is 9.29. The first kappa shape index (κ1) is 48.4. The maximum atomic E-state index is 8.47. The normalized spacial score (nSPS) is 11.5. The quantitative estimate of drug-likeness (QED) is 0.0376. The predicted molar refractivity (Wildman–Crippen MR) is 227 cm³/mol.